The van der Waals surface area contributed by atoms with Crippen LogP contribution < -0.4 is 10.6 Å². The standard InChI is InChI=1S/C20H18BrN3O/c1-14(15-5-3-2-4-6-15)23-19-12-11-18(13-22-19)24-20(25)16-7-9-17(21)10-8-16/h2-14H,1H3,(H,22,23)(H,24,25). The minimum Gasteiger partial charge on any atom is -0.364 e. The number of carbonyl (C=O) groups is 1. The van der Waals surface area contributed by atoms with Crippen molar-refractivity contribution in [2.24, 2.45) is 0 Å². The van der Waals surface area contributed by atoms with Crippen molar-refractivity contribution in [3.8, 4) is 0 Å². The first kappa shape index (κ1) is 17.2. The Balaban J connectivity index is 1.62. The highest BCUT2D eigenvalue weighted by atomic mass is 79.9. The van der Waals surface area contributed by atoms with Gasteiger partial charge in [-0.25, -0.2) is 4.98 Å². The molecule has 0 aliphatic carbocycles. The fourth-order valence-corrected chi connectivity index (χ4v) is 2.67. The first-order chi connectivity index (χ1) is 12.1. The average Bonchev–Trinajstić information content (AvgIpc) is 2.64. The normalized spacial score (nSPS) is 11.6. The predicted molar refractivity (Wildman–Crippen MR) is 105 cm³/mol. The SMILES string of the molecule is CC(Nc1ccc(NC(=O)c2ccc(Br)cc2)cn1)c1ccccc1. The molecule has 1 amide bonds. The fourth-order valence-electron chi connectivity index (χ4n) is 2.40. The molecule has 25 heavy (non-hydrogen) atoms. The van der Waals surface area contributed by atoms with Crippen molar-refractivity contribution in [3.63, 3.8) is 0 Å². The van der Waals surface area contributed by atoms with E-state index in [4.69, 9.17) is 0 Å². The van der Waals surface area contributed by atoms with E-state index in [0.717, 1.165) is 10.3 Å². The molecule has 3 rings (SSSR count). The third-order valence-corrected chi connectivity index (χ3v) is 4.32. The number of benzene rings is 2. The largest absolute Gasteiger partial charge is 0.364 e. The molecule has 0 aliphatic rings. The van der Waals surface area contributed by atoms with Crippen LogP contribution in [0.25, 0.3) is 0 Å². The van der Waals surface area contributed by atoms with Crippen LogP contribution in [0.5, 0.6) is 0 Å². The summed E-state index contributed by atoms with van der Waals surface area (Å²) in [5.74, 6) is 0.602. The summed E-state index contributed by atoms with van der Waals surface area (Å²) in [7, 11) is 0. The number of hydrogen-bond acceptors (Lipinski definition) is 3. The van der Waals surface area contributed by atoms with Gasteiger partial charge in [-0.1, -0.05) is 46.3 Å². The van der Waals surface area contributed by atoms with Crippen LogP contribution in [0.15, 0.2) is 77.4 Å². The highest BCUT2D eigenvalue weighted by molar-refractivity contribution is 9.10. The molecule has 0 saturated carbocycles. The van der Waals surface area contributed by atoms with E-state index >= 15 is 0 Å². The molecule has 2 aromatic carbocycles. The molecule has 1 heterocycles. The quantitative estimate of drug-likeness (QED) is 0.618. The summed E-state index contributed by atoms with van der Waals surface area (Å²) < 4.78 is 0.939. The zero-order chi connectivity index (χ0) is 17.6. The highest BCUT2D eigenvalue weighted by Gasteiger charge is 2.08. The van der Waals surface area contributed by atoms with Gasteiger partial charge >= 0.3 is 0 Å². The number of amides is 1. The molecule has 0 fully saturated rings. The Hall–Kier alpha value is -2.66. The van der Waals surface area contributed by atoms with Crippen LogP contribution in [-0.4, -0.2) is 10.9 Å². The van der Waals surface area contributed by atoms with Crippen LogP contribution >= 0.6 is 15.9 Å². The second-order valence-corrected chi connectivity index (χ2v) is 6.59. The lowest BCUT2D eigenvalue weighted by atomic mass is 10.1. The van der Waals surface area contributed by atoms with Crippen molar-refractivity contribution in [2.75, 3.05) is 10.6 Å². The molecule has 1 aromatic heterocycles. The first-order valence-electron chi connectivity index (χ1n) is 7.96. The van der Waals surface area contributed by atoms with E-state index in [1.54, 1.807) is 18.3 Å². The van der Waals surface area contributed by atoms with Crippen molar-refractivity contribution < 1.29 is 4.79 Å². The molecule has 0 aliphatic heterocycles. The molecule has 0 saturated heterocycles. The number of nitrogens with zero attached hydrogens (tertiary/aromatic N) is 1. The molecule has 0 bridgehead atoms. The molecule has 1 atom stereocenters. The smallest absolute Gasteiger partial charge is 0.255 e. The summed E-state index contributed by atoms with van der Waals surface area (Å²) >= 11 is 3.36. The van der Waals surface area contributed by atoms with Gasteiger partial charge in [-0.2, -0.15) is 0 Å². The maximum atomic E-state index is 12.2. The summed E-state index contributed by atoms with van der Waals surface area (Å²) in [6, 6.07) is 21.2. The molecule has 3 aromatic rings. The fraction of sp³-hybridized carbons (Fsp3) is 0.100. The number of nitrogens with one attached hydrogen (secondary N) is 2. The summed E-state index contributed by atoms with van der Waals surface area (Å²) in [5, 5.41) is 6.19. The average molecular weight is 396 g/mol. The second-order valence-electron chi connectivity index (χ2n) is 5.67. The predicted octanol–water partition coefficient (Wildman–Crippen LogP) is 5.27. The van der Waals surface area contributed by atoms with Gasteiger partial charge in [-0.3, -0.25) is 4.79 Å². The molecule has 126 valence electrons. The molecule has 1 unspecified atom stereocenters. The van der Waals surface area contributed by atoms with E-state index < -0.39 is 0 Å². The monoisotopic (exact) mass is 395 g/mol. The summed E-state index contributed by atoms with van der Waals surface area (Å²) in [5.41, 5.74) is 2.45. The molecule has 0 radical (unpaired) electrons. The van der Waals surface area contributed by atoms with Crippen molar-refractivity contribution in [1.29, 1.82) is 0 Å². The minimum absolute atomic E-state index is 0.150. The maximum absolute atomic E-state index is 12.2. The van der Waals surface area contributed by atoms with Crippen LogP contribution in [0.4, 0.5) is 11.5 Å². The van der Waals surface area contributed by atoms with Gasteiger partial charge in [0.05, 0.1) is 11.9 Å². The van der Waals surface area contributed by atoms with Crippen molar-refractivity contribution in [3.05, 3.63) is 88.5 Å². The van der Waals surface area contributed by atoms with Crippen LogP contribution in [-0.2, 0) is 0 Å². The highest BCUT2D eigenvalue weighted by Crippen LogP contribution is 2.19. The molecular formula is C20H18BrN3O. The molecule has 4 nitrogen and oxygen atoms in total. The number of anilines is 2. The van der Waals surface area contributed by atoms with Crippen LogP contribution in [0.1, 0.15) is 28.9 Å². The maximum Gasteiger partial charge on any atom is 0.255 e. The zero-order valence-corrected chi connectivity index (χ0v) is 15.3. The van der Waals surface area contributed by atoms with Gasteiger partial charge in [0.2, 0.25) is 0 Å². The van der Waals surface area contributed by atoms with E-state index in [0.29, 0.717) is 11.3 Å². The van der Waals surface area contributed by atoms with Gasteiger partial charge in [-0.05, 0) is 48.9 Å². The van der Waals surface area contributed by atoms with E-state index in [1.807, 2.05) is 42.5 Å². The molecular weight excluding hydrogens is 378 g/mol. The summed E-state index contributed by atoms with van der Waals surface area (Å²) in [6.45, 7) is 2.08. The Morgan fingerprint density at radius 1 is 1.00 bits per heavy atom. The first-order valence-corrected chi connectivity index (χ1v) is 8.75. The number of rotatable bonds is 5. The second kappa shape index (κ2) is 7.94. The van der Waals surface area contributed by atoms with Crippen LogP contribution in [0.3, 0.4) is 0 Å². The zero-order valence-electron chi connectivity index (χ0n) is 13.7. The Morgan fingerprint density at radius 3 is 2.36 bits per heavy atom. The van der Waals surface area contributed by atoms with E-state index in [-0.39, 0.29) is 11.9 Å². The Labute approximate surface area is 155 Å². The lowest BCUT2D eigenvalue weighted by Crippen LogP contribution is -2.12. The Bertz CT molecular complexity index is 833. The van der Waals surface area contributed by atoms with E-state index in [1.165, 1.54) is 5.56 Å². The lowest BCUT2D eigenvalue weighted by molar-refractivity contribution is 0.102. The number of halogens is 1. The van der Waals surface area contributed by atoms with Crippen molar-refractivity contribution in [1.82, 2.24) is 4.98 Å². The Morgan fingerprint density at radius 2 is 1.72 bits per heavy atom. The van der Waals surface area contributed by atoms with Crippen LogP contribution in [0, 0.1) is 0 Å². The number of carbonyl (C=O) groups excluding carboxylic acids is 1. The van der Waals surface area contributed by atoms with E-state index in [2.05, 4.69) is 50.6 Å². The Kier molecular flexibility index (Phi) is 5.46. The van der Waals surface area contributed by atoms with Crippen LogP contribution in [0.2, 0.25) is 0 Å². The van der Waals surface area contributed by atoms with Gasteiger partial charge in [-0.15, -0.1) is 0 Å². The lowest BCUT2D eigenvalue weighted by Gasteiger charge is -2.15. The van der Waals surface area contributed by atoms with Gasteiger partial charge in [0.25, 0.3) is 5.91 Å². The summed E-state index contributed by atoms with van der Waals surface area (Å²) in [4.78, 5) is 16.6. The topological polar surface area (TPSA) is 54.0 Å². The van der Waals surface area contributed by atoms with E-state index in [9.17, 15) is 4.79 Å². The van der Waals surface area contributed by atoms with Gasteiger partial charge in [0.15, 0.2) is 0 Å². The van der Waals surface area contributed by atoms with Crippen molar-refractivity contribution >= 4 is 33.3 Å². The van der Waals surface area contributed by atoms with Crippen molar-refractivity contribution in [2.45, 2.75) is 13.0 Å². The molecule has 0 spiro atoms. The molecule has 2 N–H and O–H groups in total. The number of pyridine rings is 1. The summed E-state index contributed by atoms with van der Waals surface area (Å²) in [6.07, 6.45) is 1.65. The molecule has 5 heteroatoms. The minimum atomic E-state index is -0.160. The number of aromatic nitrogens is 1. The third kappa shape index (κ3) is 4.67. The third-order valence-electron chi connectivity index (χ3n) is 3.79. The number of hydrogen-bond donors (Lipinski definition) is 2. The van der Waals surface area contributed by atoms with Gasteiger partial charge in [0, 0.05) is 16.1 Å². The van der Waals surface area contributed by atoms with Gasteiger partial charge in [0.1, 0.15) is 5.82 Å². The van der Waals surface area contributed by atoms with Gasteiger partial charge < -0.3 is 10.6 Å².